The van der Waals surface area contributed by atoms with Gasteiger partial charge in [0.2, 0.25) is 5.91 Å². The van der Waals surface area contributed by atoms with E-state index in [2.05, 4.69) is 10.4 Å². The van der Waals surface area contributed by atoms with Crippen LogP contribution in [0.4, 0.5) is 22.0 Å². The third kappa shape index (κ3) is 8.83. The number of nitrogens with zero attached hydrogens (tertiary/aromatic N) is 3. The van der Waals surface area contributed by atoms with Crippen molar-refractivity contribution in [3.63, 3.8) is 0 Å². The van der Waals surface area contributed by atoms with Crippen LogP contribution in [0.5, 0.6) is 5.75 Å². The van der Waals surface area contributed by atoms with Crippen molar-refractivity contribution < 1.29 is 41.4 Å². The molecule has 1 fully saturated rings. The van der Waals surface area contributed by atoms with Crippen molar-refractivity contribution in [3.8, 4) is 16.9 Å². The first kappa shape index (κ1) is 37.5. The van der Waals surface area contributed by atoms with Crippen LogP contribution in [-0.4, -0.2) is 64.6 Å². The minimum absolute atomic E-state index is 0.0351. The van der Waals surface area contributed by atoms with Gasteiger partial charge < -0.3 is 15.2 Å². The van der Waals surface area contributed by atoms with Crippen molar-refractivity contribution in [1.82, 2.24) is 20.0 Å². The lowest BCUT2D eigenvalue weighted by atomic mass is 9.89. The summed E-state index contributed by atoms with van der Waals surface area (Å²) in [6.45, 7) is 9.59. The molecule has 1 saturated heterocycles. The number of aliphatic carboxylic acids is 1. The van der Waals surface area contributed by atoms with E-state index in [9.17, 15) is 37.1 Å². The number of benzene rings is 2. The fraction of sp³-hybridized carbons (Fsp3) is 0.486. The molecule has 49 heavy (non-hydrogen) atoms. The van der Waals surface area contributed by atoms with E-state index in [1.54, 1.807) is 46.8 Å². The van der Waals surface area contributed by atoms with Crippen molar-refractivity contribution in [2.45, 2.75) is 78.3 Å². The normalized spacial score (nSPS) is 15.2. The number of methoxy groups -OCH3 is 1. The molecule has 9 nitrogen and oxygen atoms in total. The number of hydrogen-bond acceptors (Lipinski definition) is 6. The lowest BCUT2D eigenvalue weighted by molar-refractivity contribution is -0.140. The molecule has 2 atom stereocenters. The predicted molar refractivity (Wildman–Crippen MR) is 173 cm³/mol. The Kier molecular flexibility index (Phi) is 11.5. The number of likely N-dealkylation sites (tertiary alicyclic amines) is 1. The molecule has 3 aromatic rings. The molecule has 14 heteroatoms. The molecule has 0 radical (unpaired) electrons. The number of amides is 1. The Morgan fingerprint density at radius 3 is 2.22 bits per heavy atom. The maximum Gasteiger partial charge on any atom is 0.419 e. The summed E-state index contributed by atoms with van der Waals surface area (Å²) in [5.74, 6) is -3.87. The quantitative estimate of drug-likeness (QED) is 0.208. The van der Waals surface area contributed by atoms with Gasteiger partial charge in [-0.2, -0.15) is 18.3 Å². The van der Waals surface area contributed by atoms with Gasteiger partial charge in [0, 0.05) is 37.7 Å². The fourth-order valence-electron chi connectivity index (χ4n) is 6.21. The number of carboxylic acids is 1. The summed E-state index contributed by atoms with van der Waals surface area (Å²) in [4.78, 5) is 41.1. The summed E-state index contributed by atoms with van der Waals surface area (Å²) in [7, 11) is 1.44. The summed E-state index contributed by atoms with van der Waals surface area (Å²) in [6.07, 6.45) is -6.60. The molecule has 266 valence electrons. The Morgan fingerprint density at radius 2 is 1.69 bits per heavy atom. The third-order valence-corrected chi connectivity index (χ3v) is 8.63. The van der Waals surface area contributed by atoms with Crippen LogP contribution in [0.2, 0.25) is 0 Å². The van der Waals surface area contributed by atoms with Crippen molar-refractivity contribution in [2.24, 2.45) is 5.92 Å². The fourth-order valence-corrected chi connectivity index (χ4v) is 6.21. The van der Waals surface area contributed by atoms with E-state index in [1.807, 2.05) is 4.90 Å². The smallest absolute Gasteiger partial charge is 0.419 e. The molecule has 2 N–H and O–H groups in total. The Labute approximate surface area is 281 Å². The molecule has 1 amide bonds. The van der Waals surface area contributed by atoms with E-state index >= 15 is 4.39 Å². The summed E-state index contributed by atoms with van der Waals surface area (Å²) in [6, 6.07) is 3.24. The van der Waals surface area contributed by atoms with Crippen molar-refractivity contribution >= 4 is 11.9 Å². The standard InChI is InChI=1S/C35H41F5N4O5/c1-18(2)9-29(44-30(45)12-19(3)27(42-44)7-8-43-16-23(36)17-43)34(48)41-28(15-31(46)47)25-13-22(14-26(33(25)37)35(38,39)40)32-20(4)10-24(49-6)11-21(32)5/h10-14,18,23,28-29H,7-9,15-17H2,1-6H3,(H,41,48)(H,46,47)/t28-,29-/m0/s1. The number of aryl methyl sites for hydroxylation is 3. The van der Waals surface area contributed by atoms with Crippen LogP contribution in [0.25, 0.3) is 11.1 Å². The number of rotatable bonds is 13. The van der Waals surface area contributed by atoms with Crippen LogP contribution in [0.1, 0.15) is 72.3 Å². The van der Waals surface area contributed by atoms with Crippen molar-refractivity contribution in [2.75, 3.05) is 26.7 Å². The third-order valence-electron chi connectivity index (χ3n) is 8.63. The van der Waals surface area contributed by atoms with Crippen LogP contribution in [-0.2, 0) is 22.2 Å². The Balaban J connectivity index is 1.79. The topological polar surface area (TPSA) is 114 Å². The number of aromatic nitrogens is 2. The molecule has 2 aromatic carbocycles. The zero-order chi connectivity index (χ0) is 36.4. The number of hydrogen-bond donors (Lipinski definition) is 2. The molecule has 0 unspecified atom stereocenters. The minimum atomic E-state index is -5.15. The second-order valence-corrected chi connectivity index (χ2v) is 13.0. The largest absolute Gasteiger partial charge is 0.497 e. The Hall–Kier alpha value is -4.33. The lowest BCUT2D eigenvalue weighted by Gasteiger charge is -2.34. The Bertz CT molecular complexity index is 1750. The number of halogens is 5. The second kappa shape index (κ2) is 15.1. The van der Waals surface area contributed by atoms with Crippen LogP contribution in [0.3, 0.4) is 0 Å². The van der Waals surface area contributed by atoms with E-state index in [0.717, 1.165) is 10.7 Å². The highest BCUT2D eigenvalue weighted by atomic mass is 19.4. The average Bonchev–Trinajstić information content (AvgIpc) is 2.97. The molecule has 0 aliphatic carbocycles. The molecule has 1 aromatic heterocycles. The highest BCUT2D eigenvalue weighted by molar-refractivity contribution is 5.82. The molecular formula is C35H41F5N4O5. The van der Waals surface area contributed by atoms with Gasteiger partial charge in [0.1, 0.15) is 23.8 Å². The number of carbonyl (C=O) groups excluding carboxylic acids is 1. The Morgan fingerprint density at radius 1 is 1.06 bits per heavy atom. The number of alkyl halides is 4. The molecule has 2 heterocycles. The first-order valence-corrected chi connectivity index (χ1v) is 15.9. The maximum absolute atomic E-state index is 15.9. The second-order valence-electron chi connectivity index (χ2n) is 13.0. The first-order chi connectivity index (χ1) is 22.9. The van der Waals surface area contributed by atoms with E-state index in [0.29, 0.717) is 52.7 Å². The van der Waals surface area contributed by atoms with Gasteiger partial charge >= 0.3 is 12.1 Å². The zero-order valence-corrected chi connectivity index (χ0v) is 28.3. The van der Waals surface area contributed by atoms with Crippen LogP contribution in [0, 0.1) is 32.5 Å². The van der Waals surface area contributed by atoms with Crippen LogP contribution < -0.4 is 15.6 Å². The molecule has 0 saturated carbocycles. The van der Waals surface area contributed by atoms with Crippen molar-refractivity contribution in [1.29, 1.82) is 0 Å². The molecule has 1 aliphatic heterocycles. The molecule has 1 aliphatic rings. The van der Waals surface area contributed by atoms with Gasteiger partial charge in [-0.05, 0) is 85.2 Å². The summed E-state index contributed by atoms with van der Waals surface area (Å²) in [5, 5.41) is 16.7. The van der Waals surface area contributed by atoms with Crippen molar-refractivity contribution in [3.05, 3.63) is 80.0 Å². The molecule has 4 rings (SSSR count). The zero-order valence-electron chi connectivity index (χ0n) is 28.3. The van der Waals surface area contributed by atoms with Crippen LogP contribution >= 0.6 is 0 Å². The minimum Gasteiger partial charge on any atom is -0.497 e. The number of ether oxygens (including phenoxy) is 1. The SMILES string of the molecule is COc1cc(C)c(-c2cc([C@H](CC(=O)O)NC(=O)[C@H](CC(C)C)n3nc(CCN4CC(F)C4)c(C)cc3=O)c(F)c(C(F)(F)F)c2)c(C)c1. The van der Waals surface area contributed by atoms with E-state index < -0.39 is 65.2 Å². The van der Waals surface area contributed by atoms with Gasteiger partial charge in [-0.3, -0.25) is 19.3 Å². The summed E-state index contributed by atoms with van der Waals surface area (Å²) in [5.41, 5.74) is -0.499. The monoisotopic (exact) mass is 692 g/mol. The van der Waals surface area contributed by atoms with E-state index in [-0.39, 0.29) is 31.0 Å². The van der Waals surface area contributed by atoms with Crippen LogP contribution in [0.15, 0.2) is 35.1 Å². The predicted octanol–water partition coefficient (Wildman–Crippen LogP) is 6.12. The molecule has 0 spiro atoms. The first-order valence-electron chi connectivity index (χ1n) is 15.9. The van der Waals surface area contributed by atoms with Gasteiger partial charge in [-0.15, -0.1) is 0 Å². The van der Waals surface area contributed by atoms with Gasteiger partial charge in [0.25, 0.3) is 5.56 Å². The molecular weight excluding hydrogens is 651 g/mol. The highest BCUT2D eigenvalue weighted by Crippen LogP contribution is 2.40. The number of nitrogens with one attached hydrogen (secondary N) is 1. The maximum atomic E-state index is 15.9. The van der Waals surface area contributed by atoms with Gasteiger partial charge in [-0.1, -0.05) is 13.8 Å². The van der Waals surface area contributed by atoms with E-state index in [4.69, 9.17) is 4.74 Å². The average molecular weight is 693 g/mol. The van der Waals surface area contributed by atoms with Gasteiger partial charge in [-0.25, -0.2) is 13.5 Å². The summed E-state index contributed by atoms with van der Waals surface area (Å²) < 4.78 is 78.2. The van der Waals surface area contributed by atoms with Gasteiger partial charge in [0.05, 0.1) is 30.8 Å². The highest BCUT2D eigenvalue weighted by Gasteiger charge is 2.38. The molecule has 0 bridgehead atoms. The van der Waals surface area contributed by atoms with E-state index in [1.165, 1.54) is 13.2 Å². The number of carbonyl (C=O) groups is 2. The lowest BCUT2D eigenvalue weighted by Crippen LogP contribution is -2.49. The number of carboxylic acid groups (broad SMARTS) is 1. The summed E-state index contributed by atoms with van der Waals surface area (Å²) >= 11 is 0. The van der Waals surface area contributed by atoms with Gasteiger partial charge in [0.15, 0.2) is 0 Å².